The fourth-order valence-corrected chi connectivity index (χ4v) is 4.09. The van der Waals surface area contributed by atoms with E-state index in [0.717, 1.165) is 38.0 Å². The summed E-state index contributed by atoms with van der Waals surface area (Å²) in [5, 5.41) is 12.2. The van der Waals surface area contributed by atoms with Gasteiger partial charge in [0, 0.05) is 24.6 Å². The molecule has 27 heavy (non-hydrogen) atoms. The summed E-state index contributed by atoms with van der Waals surface area (Å²) in [6, 6.07) is 5.15. The van der Waals surface area contributed by atoms with Crippen LogP contribution in [0, 0.1) is 11.8 Å². The third-order valence-electron chi connectivity index (χ3n) is 5.63. The molecule has 1 aliphatic carbocycles. The van der Waals surface area contributed by atoms with Crippen molar-refractivity contribution in [1.82, 2.24) is 0 Å². The standard InChI is InChI=1S/C20H27N3O4/c21-18(24)13-7-8-17(23-9-2-1-3-10-23)16(12-13)22-19(25)14-5-4-6-15(11-14)20(26)27/h7-8,12,14-15H,1-6,9-11H2,(H2,21,24)(H,22,25)(H,26,27). The first-order chi connectivity index (χ1) is 13.0. The highest BCUT2D eigenvalue weighted by molar-refractivity contribution is 6.00. The van der Waals surface area contributed by atoms with Gasteiger partial charge in [0.1, 0.15) is 0 Å². The number of carboxylic acids is 1. The van der Waals surface area contributed by atoms with Crippen molar-refractivity contribution in [3.63, 3.8) is 0 Å². The van der Waals surface area contributed by atoms with Crippen LogP contribution in [0.1, 0.15) is 55.3 Å². The lowest BCUT2D eigenvalue weighted by atomic mass is 9.81. The molecule has 2 aliphatic rings. The molecule has 2 fully saturated rings. The van der Waals surface area contributed by atoms with Gasteiger partial charge in [-0.05, 0) is 56.7 Å². The first-order valence-electron chi connectivity index (χ1n) is 9.68. The number of carbonyl (C=O) groups is 3. The maximum Gasteiger partial charge on any atom is 0.306 e. The molecule has 3 rings (SSSR count). The van der Waals surface area contributed by atoms with Gasteiger partial charge in [0.25, 0.3) is 0 Å². The monoisotopic (exact) mass is 373 g/mol. The number of amides is 2. The highest BCUT2D eigenvalue weighted by Gasteiger charge is 2.31. The number of nitrogens with zero attached hydrogens (tertiary/aromatic N) is 1. The van der Waals surface area contributed by atoms with E-state index in [9.17, 15) is 19.5 Å². The molecule has 0 aromatic heterocycles. The van der Waals surface area contributed by atoms with E-state index < -0.39 is 17.8 Å². The Kier molecular flexibility index (Phi) is 5.98. The minimum atomic E-state index is -0.836. The van der Waals surface area contributed by atoms with Crippen molar-refractivity contribution < 1.29 is 19.5 Å². The molecule has 1 heterocycles. The fourth-order valence-electron chi connectivity index (χ4n) is 4.09. The molecule has 4 N–H and O–H groups in total. The Balaban J connectivity index is 1.80. The average Bonchev–Trinajstić information content (AvgIpc) is 2.68. The molecule has 0 bridgehead atoms. The van der Waals surface area contributed by atoms with Crippen molar-refractivity contribution >= 4 is 29.2 Å². The maximum absolute atomic E-state index is 12.8. The molecule has 1 saturated carbocycles. The second-order valence-electron chi connectivity index (χ2n) is 7.53. The van der Waals surface area contributed by atoms with E-state index in [-0.39, 0.29) is 11.8 Å². The zero-order chi connectivity index (χ0) is 19.4. The van der Waals surface area contributed by atoms with Gasteiger partial charge in [-0.25, -0.2) is 0 Å². The Bertz CT molecular complexity index is 728. The van der Waals surface area contributed by atoms with E-state index in [1.165, 1.54) is 6.42 Å². The van der Waals surface area contributed by atoms with E-state index in [1.54, 1.807) is 12.1 Å². The minimum absolute atomic E-state index is 0.180. The number of aliphatic carboxylic acids is 1. The normalized spacial score (nSPS) is 22.9. The lowest BCUT2D eigenvalue weighted by Gasteiger charge is -2.31. The fraction of sp³-hybridized carbons (Fsp3) is 0.550. The summed E-state index contributed by atoms with van der Waals surface area (Å²) in [6.07, 6.45) is 5.77. The van der Waals surface area contributed by atoms with Crippen LogP contribution in [-0.4, -0.2) is 36.0 Å². The smallest absolute Gasteiger partial charge is 0.306 e. The van der Waals surface area contributed by atoms with E-state index in [4.69, 9.17) is 5.73 Å². The minimum Gasteiger partial charge on any atom is -0.481 e. The number of hydrogen-bond donors (Lipinski definition) is 3. The van der Waals surface area contributed by atoms with Crippen molar-refractivity contribution in [2.24, 2.45) is 17.6 Å². The predicted molar refractivity (Wildman–Crippen MR) is 103 cm³/mol. The van der Waals surface area contributed by atoms with Crippen LogP contribution in [0.3, 0.4) is 0 Å². The molecule has 0 radical (unpaired) electrons. The summed E-state index contributed by atoms with van der Waals surface area (Å²) in [4.78, 5) is 37.9. The van der Waals surface area contributed by atoms with E-state index in [1.807, 2.05) is 6.07 Å². The van der Waals surface area contributed by atoms with Gasteiger partial charge in [0.15, 0.2) is 0 Å². The van der Waals surface area contributed by atoms with E-state index in [2.05, 4.69) is 10.2 Å². The Morgan fingerprint density at radius 3 is 2.41 bits per heavy atom. The highest BCUT2D eigenvalue weighted by atomic mass is 16.4. The van der Waals surface area contributed by atoms with Crippen molar-refractivity contribution in [3.8, 4) is 0 Å². The Labute approximate surface area is 158 Å². The number of carboxylic acid groups (broad SMARTS) is 1. The largest absolute Gasteiger partial charge is 0.481 e. The molecule has 146 valence electrons. The van der Waals surface area contributed by atoms with Gasteiger partial charge in [0.05, 0.1) is 17.3 Å². The van der Waals surface area contributed by atoms with Gasteiger partial charge in [-0.15, -0.1) is 0 Å². The van der Waals surface area contributed by atoms with Gasteiger partial charge in [0.2, 0.25) is 11.8 Å². The molecule has 2 atom stereocenters. The lowest BCUT2D eigenvalue weighted by molar-refractivity contribution is -0.143. The molecule has 2 unspecified atom stereocenters. The summed E-state index contributed by atoms with van der Waals surface area (Å²) in [5.74, 6) is -2.35. The molecular weight excluding hydrogens is 346 g/mol. The number of rotatable bonds is 5. The molecule has 7 nitrogen and oxygen atoms in total. The number of benzene rings is 1. The molecule has 1 aromatic rings. The number of piperidine rings is 1. The van der Waals surface area contributed by atoms with Gasteiger partial charge >= 0.3 is 5.97 Å². The molecule has 2 amide bonds. The van der Waals surface area contributed by atoms with Crippen molar-refractivity contribution in [1.29, 1.82) is 0 Å². The third-order valence-corrected chi connectivity index (χ3v) is 5.63. The predicted octanol–water partition coefficient (Wildman–Crippen LogP) is 2.61. The summed E-state index contributed by atoms with van der Waals surface area (Å²) >= 11 is 0. The summed E-state index contributed by atoms with van der Waals surface area (Å²) in [5.41, 5.74) is 7.22. The van der Waals surface area contributed by atoms with Crippen LogP contribution in [0.5, 0.6) is 0 Å². The van der Waals surface area contributed by atoms with Crippen molar-refractivity contribution in [2.45, 2.75) is 44.9 Å². The van der Waals surface area contributed by atoms with Crippen LogP contribution in [0.25, 0.3) is 0 Å². The topological polar surface area (TPSA) is 113 Å². The third kappa shape index (κ3) is 4.59. The Morgan fingerprint density at radius 1 is 1.04 bits per heavy atom. The van der Waals surface area contributed by atoms with E-state index >= 15 is 0 Å². The van der Waals surface area contributed by atoms with Crippen LogP contribution in [0.15, 0.2) is 18.2 Å². The molecular formula is C20H27N3O4. The highest BCUT2D eigenvalue weighted by Crippen LogP contribution is 2.33. The number of nitrogens with one attached hydrogen (secondary N) is 1. The van der Waals surface area contributed by atoms with Gasteiger partial charge in [-0.1, -0.05) is 6.42 Å². The van der Waals surface area contributed by atoms with Crippen molar-refractivity contribution in [2.75, 3.05) is 23.3 Å². The van der Waals surface area contributed by atoms with Crippen LogP contribution in [0.4, 0.5) is 11.4 Å². The second kappa shape index (κ2) is 8.41. The average molecular weight is 373 g/mol. The van der Waals surface area contributed by atoms with Crippen LogP contribution >= 0.6 is 0 Å². The summed E-state index contributed by atoms with van der Waals surface area (Å²) in [6.45, 7) is 1.81. The van der Waals surface area contributed by atoms with Gasteiger partial charge in [-0.2, -0.15) is 0 Å². The number of hydrogen-bond acceptors (Lipinski definition) is 4. The number of nitrogens with two attached hydrogens (primary N) is 1. The first-order valence-corrected chi connectivity index (χ1v) is 9.68. The number of primary amides is 1. The van der Waals surface area contributed by atoms with Crippen LogP contribution in [-0.2, 0) is 9.59 Å². The van der Waals surface area contributed by atoms with Crippen LogP contribution < -0.4 is 16.0 Å². The van der Waals surface area contributed by atoms with E-state index in [0.29, 0.717) is 30.5 Å². The maximum atomic E-state index is 12.8. The van der Waals surface area contributed by atoms with Crippen LogP contribution in [0.2, 0.25) is 0 Å². The Hall–Kier alpha value is -2.57. The summed E-state index contributed by atoms with van der Waals surface area (Å²) in [7, 11) is 0. The molecule has 7 heteroatoms. The zero-order valence-corrected chi connectivity index (χ0v) is 15.4. The second-order valence-corrected chi connectivity index (χ2v) is 7.53. The molecule has 1 aromatic carbocycles. The lowest BCUT2D eigenvalue weighted by Crippen LogP contribution is -2.33. The number of carbonyl (C=O) groups excluding carboxylic acids is 2. The quantitative estimate of drug-likeness (QED) is 0.734. The van der Waals surface area contributed by atoms with Gasteiger partial charge in [-0.3, -0.25) is 14.4 Å². The number of anilines is 2. The first kappa shape index (κ1) is 19.2. The van der Waals surface area contributed by atoms with Gasteiger partial charge < -0.3 is 21.1 Å². The molecule has 1 aliphatic heterocycles. The molecule has 0 spiro atoms. The van der Waals surface area contributed by atoms with Crippen molar-refractivity contribution in [3.05, 3.63) is 23.8 Å². The zero-order valence-electron chi connectivity index (χ0n) is 15.4. The Morgan fingerprint density at radius 2 is 1.74 bits per heavy atom. The molecule has 1 saturated heterocycles. The SMILES string of the molecule is NC(=O)c1ccc(N2CCCCC2)c(NC(=O)C2CCCC(C(=O)O)C2)c1. The summed E-state index contributed by atoms with van der Waals surface area (Å²) < 4.78 is 0.